The molecule has 0 aliphatic rings. The number of carboxylic acids is 1. The Morgan fingerprint density at radius 2 is 1.86 bits per heavy atom. The smallest absolute Gasteiger partial charge is 0.319 e. The first-order valence-electron chi connectivity index (χ1n) is 6.83. The third kappa shape index (κ3) is 6.76. The van der Waals surface area contributed by atoms with Crippen LogP contribution in [0.3, 0.4) is 0 Å². The molecule has 1 atom stereocenters. The molecular formula is C15H24N3O3+. The first kappa shape index (κ1) is 17.0. The summed E-state index contributed by atoms with van der Waals surface area (Å²) in [5, 5.41) is 14.4. The Morgan fingerprint density at radius 3 is 2.38 bits per heavy atom. The highest BCUT2D eigenvalue weighted by Crippen LogP contribution is 2.13. The maximum absolute atomic E-state index is 12.0. The summed E-state index contributed by atoms with van der Waals surface area (Å²) in [6.07, 6.45) is -0.100. The van der Waals surface area contributed by atoms with Gasteiger partial charge in [0.05, 0.1) is 40.2 Å². The number of aliphatic carboxylic acids is 1. The van der Waals surface area contributed by atoms with Crippen LogP contribution in [-0.4, -0.2) is 55.3 Å². The Labute approximate surface area is 125 Å². The highest BCUT2D eigenvalue weighted by atomic mass is 16.4. The van der Waals surface area contributed by atoms with E-state index >= 15 is 0 Å². The average molecular weight is 294 g/mol. The van der Waals surface area contributed by atoms with Crippen LogP contribution in [0.5, 0.6) is 0 Å². The summed E-state index contributed by atoms with van der Waals surface area (Å²) in [6, 6.07) is 6.62. The largest absolute Gasteiger partial charge is 0.481 e. The zero-order valence-corrected chi connectivity index (χ0v) is 13.0. The van der Waals surface area contributed by atoms with Crippen molar-refractivity contribution in [1.82, 2.24) is 5.32 Å². The van der Waals surface area contributed by atoms with Gasteiger partial charge < -0.3 is 20.2 Å². The van der Waals surface area contributed by atoms with Gasteiger partial charge in [-0.25, -0.2) is 4.79 Å². The number of hydrogen-bond donors (Lipinski definition) is 3. The van der Waals surface area contributed by atoms with E-state index in [-0.39, 0.29) is 12.5 Å². The summed E-state index contributed by atoms with van der Waals surface area (Å²) in [5.41, 5.74) is 1.67. The van der Waals surface area contributed by atoms with Crippen LogP contribution >= 0.6 is 0 Å². The van der Waals surface area contributed by atoms with Crippen LogP contribution in [0.15, 0.2) is 24.3 Å². The number of likely N-dealkylation sites (N-methyl/N-ethyl adjacent to an activating group) is 1. The fraction of sp³-hybridized carbons (Fsp3) is 0.467. The van der Waals surface area contributed by atoms with Gasteiger partial charge in [0.25, 0.3) is 0 Å². The molecule has 0 aliphatic carbocycles. The van der Waals surface area contributed by atoms with Crippen LogP contribution in [0.1, 0.15) is 12.0 Å². The minimum atomic E-state index is -0.926. The van der Waals surface area contributed by atoms with Crippen LogP contribution < -0.4 is 10.6 Å². The number of quaternary nitrogens is 1. The molecule has 2 amide bonds. The number of nitrogens with zero attached hydrogens (tertiary/aromatic N) is 1. The second-order valence-electron chi connectivity index (χ2n) is 6.18. The Morgan fingerprint density at radius 1 is 1.24 bits per heavy atom. The van der Waals surface area contributed by atoms with Gasteiger partial charge in [0.1, 0.15) is 0 Å². The average Bonchev–Trinajstić information content (AvgIpc) is 2.28. The SMILES string of the molecule is Cc1ccccc1NC(=O)N[C@H](CC(=O)O)C[N+](C)(C)C. The fourth-order valence-corrected chi connectivity index (χ4v) is 2.09. The minimum Gasteiger partial charge on any atom is -0.481 e. The topological polar surface area (TPSA) is 78.4 Å². The number of urea groups is 1. The molecule has 1 aromatic rings. The molecule has 0 aliphatic heterocycles. The molecule has 6 nitrogen and oxygen atoms in total. The lowest BCUT2D eigenvalue weighted by Gasteiger charge is -2.29. The third-order valence-corrected chi connectivity index (χ3v) is 2.92. The van der Waals surface area contributed by atoms with E-state index < -0.39 is 12.0 Å². The van der Waals surface area contributed by atoms with E-state index in [9.17, 15) is 9.59 Å². The van der Waals surface area contributed by atoms with Crippen LogP contribution in [0, 0.1) is 6.92 Å². The van der Waals surface area contributed by atoms with Crippen LogP contribution in [0.25, 0.3) is 0 Å². The highest BCUT2D eigenvalue weighted by molar-refractivity contribution is 5.90. The minimum absolute atomic E-state index is 0.100. The number of anilines is 1. The molecule has 0 radical (unpaired) electrons. The summed E-state index contributed by atoms with van der Waals surface area (Å²) in [4.78, 5) is 22.9. The second-order valence-corrected chi connectivity index (χ2v) is 6.18. The lowest BCUT2D eigenvalue weighted by molar-refractivity contribution is -0.871. The maximum atomic E-state index is 12.0. The number of hydrogen-bond acceptors (Lipinski definition) is 2. The van der Waals surface area contributed by atoms with Crippen molar-refractivity contribution in [2.24, 2.45) is 0 Å². The lowest BCUT2D eigenvalue weighted by Crippen LogP contribution is -2.50. The number of carboxylic acid groups (broad SMARTS) is 1. The van der Waals surface area contributed by atoms with Crippen LogP contribution in [0.4, 0.5) is 10.5 Å². The molecule has 1 aromatic carbocycles. The zero-order chi connectivity index (χ0) is 16.0. The summed E-state index contributed by atoms with van der Waals surface area (Å²) < 4.78 is 0.572. The van der Waals surface area contributed by atoms with Crippen molar-refractivity contribution in [3.8, 4) is 0 Å². The van der Waals surface area contributed by atoms with Crippen LogP contribution in [0.2, 0.25) is 0 Å². The normalized spacial score (nSPS) is 12.6. The van der Waals surface area contributed by atoms with E-state index in [2.05, 4.69) is 10.6 Å². The second kappa shape index (κ2) is 7.08. The summed E-state index contributed by atoms with van der Waals surface area (Å²) in [5.74, 6) is -0.926. The zero-order valence-electron chi connectivity index (χ0n) is 13.0. The molecule has 0 fully saturated rings. The van der Waals surface area contributed by atoms with E-state index in [1.165, 1.54) is 0 Å². The van der Waals surface area contributed by atoms with Gasteiger partial charge in [0, 0.05) is 5.69 Å². The van der Waals surface area contributed by atoms with Crippen molar-refractivity contribution in [2.45, 2.75) is 19.4 Å². The van der Waals surface area contributed by atoms with E-state index in [1.807, 2.05) is 46.3 Å². The third-order valence-electron chi connectivity index (χ3n) is 2.92. The van der Waals surface area contributed by atoms with E-state index in [4.69, 9.17) is 5.11 Å². The quantitative estimate of drug-likeness (QED) is 0.698. The molecule has 0 saturated carbocycles. The molecule has 0 unspecified atom stereocenters. The first-order chi connectivity index (χ1) is 9.67. The van der Waals surface area contributed by atoms with Gasteiger partial charge in [-0.05, 0) is 18.6 Å². The van der Waals surface area contributed by atoms with Crippen molar-refractivity contribution in [3.05, 3.63) is 29.8 Å². The Hall–Kier alpha value is -2.08. The van der Waals surface area contributed by atoms with Crippen molar-refractivity contribution < 1.29 is 19.2 Å². The summed E-state index contributed by atoms with van der Waals surface area (Å²) in [6.45, 7) is 2.43. The standard InChI is InChI=1S/C15H23N3O3/c1-11-7-5-6-8-13(11)17-15(21)16-12(9-14(19)20)10-18(2,3)4/h5-8,12H,9-10H2,1-4H3,(H2-,16,17,19,20,21)/p+1/t12-/m1/s1. The van der Waals surface area contributed by atoms with Gasteiger partial charge in [-0.1, -0.05) is 18.2 Å². The number of para-hydroxylation sites is 1. The first-order valence-corrected chi connectivity index (χ1v) is 6.83. The van der Waals surface area contributed by atoms with Crippen molar-refractivity contribution in [2.75, 3.05) is 33.0 Å². The molecule has 116 valence electrons. The number of carbonyl (C=O) groups is 2. The Bertz CT molecular complexity index is 509. The Balaban J connectivity index is 2.67. The van der Waals surface area contributed by atoms with Gasteiger partial charge in [-0.15, -0.1) is 0 Å². The number of aryl methyl sites for hydroxylation is 1. The number of rotatable bonds is 6. The molecule has 0 aromatic heterocycles. The monoisotopic (exact) mass is 294 g/mol. The molecule has 0 saturated heterocycles. The molecule has 3 N–H and O–H groups in total. The molecule has 6 heteroatoms. The molecule has 0 spiro atoms. The van der Waals surface area contributed by atoms with Gasteiger partial charge in [-0.3, -0.25) is 4.79 Å². The molecule has 0 bridgehead atoms. The van der Waals surface area contributed by atoms with Gasteiger partial charge in [0.2, 0.25) is 0 Å². The molecule has 0 heterocycles. The van der Waals surface area contributed by atoms with Crippen LogP contribution in [-0.2, 0) is 4.79 Å². The molecule has 21 heavy (non-hydrogen) atoms. The van der Waals surface area contributed by atoms with Gasteiger partial charge >= 0.3 is 12.0 Å². The predicted octanol–water partition coefficient (Wildman–Crippen LogP) is 1.67. The molecular weight excluding hydrogens is 270 g/mol. The summed E-state index contributed by atoms with van der Waals surface area (Å²) in [7, 11) is 5.86. The number of amides is 2. The molecule has 1 rings (SSSR count). The van der Waals surface area contributed by atoms with Gasteiger partial charge in [-0.2, -0.15) is 0 Å². The van der Waals surface area contributed by atoms with Gasteiger partial charge in [0.15, 0.2) is 0 Å². The number of nitrogens with one attached hydrogen (secondary N) is 2. The summed E-state index contributed by atoms with van der Waals surface area (Å²) >= 11 is 0. The van der Waals surface area contributed by atoms with E-state index in [0.29, 0.717) is 16.7 Å². The number of carbonyl (C=O) groups excluding carboxylic acids is 1. The predicted molar refractivity (Wildman–Crippen MR) is 82.3 cm³/mol. The van der Waals surface area contributed by atoms with Crippen molar-refractivity contribution >= 4 is 17.7 Å². The Kier molecular flexibility index (Phi) is 5.72. The maximum Gasteiger partial charge on any atom is 0.319 e. The highest BCUT2D eigenvalue weighted by Gasteiger charge is 2.22. The van der Waals surface area contributed by atoms with Crippen molar-refractivity contribution in [1.29, 1.82) is 0 Å². The lowest BCUT2D eigenvalue weighted by atomic mass is 10.2. The van der Waals surface area contributed by atoms with E-state index in [1.54, 1.807) is 6.07 Å². The fourth-order valence-electron chi connectivity index (χ4n) is 2.09. The number of benzene rings is 1. The van der Waals surface area contributed by atoms with Crippen molar-refractivity contribution in [3.63, 3.8) is 0 Å². The van der Waals surface area contributed by atoms with E-state index in [0.717, 1.165) is 5.56 Å².